The van der Waals surface area contributed by atoms with Gasteiger partial charge in [0.25, 0.3) is 0 Å². The molecule has 4 heterocycles. The van der Waals surface area contributed by atoms with Gasteiger partial charge in [-0.3, -0.25) is 14.4 Å². The number of hydrogen-bond acceptors (Lipinski definition) is 4. The summed E-state index contributed by atoms with van der Waals surface area (Å²) in [4.78, 5) is 17.4. The molecule has 0 aromatic carbocycles. The van der Waals surface area contributed by atoms with Crippen molar-refractivity contribution in [3.8, 4) is 0 Å². The van der Waals surface area contributed by atoms with Gasteiger partial charge in [0, 0.05) is 51.5 Å². The Balaban J connectivity index is 1.68. The van der Waals surface area contributed by atoms with E-state index in [2.05, 4.69) is 16.1 Å². The van der Waals surface area contributed by atoms with Gasteiger partial charge in [0.15, 0.2) is 0 Å². The molecular formula is C18H24N4O2. The molecule has 6 nitrogen and oxygen atoms in total. The molecule has 0 N–H and O–H groups in total. The number of carbonyl (C=O) groups is 1. The highest BCUT2D eigenvalue weighted by Gasteiger charge is 2.55. The minimum Gasteiger partial charge on any atom is -0.468 e. The Labute approximate surface area is 142 Å². The fourth-order valence-electron chi connectivity index (χ4n) is 4.54. The zero-order valence-electron chi connectivity index (χ0n) is 14.3. The molecule has 1 amide bonds. The Morgan fingerprint density at radius 2 is 2.25 bits per heavy atom. The lowest BCUT2D eigenvalue weighted by Gasteiger charge is -2.41. The van der Waals surface area contributed by atoms with Crippen LogP contribution in [-0.4, -0.2) is 52.2 Å². The quantitative estimate of drug-likeness (QED) is 0.863. The number of amides is 1. The van der Waals surface area contributed by atoms with E-state index in [-0.39, 0.29) is 17.2 Å². The number of aromatic nitrogens is 2. The lowest BCUT2D eigenvalue weighted by atomic mass is 9.70. The summed E-state index contributed by atoms with van der Waals surface area (Å²) < 4.78 is 7.44. The van der Waals surface area contributed by atoms with Crippen LogP contribution in [0, 0.1) is 5.41 Å². The Bertz CT molecular complexity index is 723. The van der Waals surface area contributed by atoms with Crippen LogP contribution in [0.15, 0.2) is 35.1 Å². The molecule has 0 bridgehead atoms. The second-order valence-corrected chi connectivity index (χ2v) is 7.17. The number of carbonyl (C=O) groups excluding carboxylic acids is 1. The maximum atomic E-state index is 13.2. The fourth-order valence-corrected chi connectivity index (χ4v) is 4.54. The third-order valence-electron chi connectivity index (χ3n) is 5.68. The van der Waals surface area contributed by atoms with Crippen molar-refractivity contribution in [2.45, 2.75) is 25.3 Å². The van der Waals surface area contributed by atoms with Gasteiger partial charge in [0.05, 0.1) is 18.2 Å². The fraction of sp³-hybridized carbons (Fsp3) is 0.556. The first-order valence-corrected chi connectivity index (χ1v) is 8.58. The van der Waals surface area contributed by atoms with Crippen LogP contribution in [0.3, 0.4) is 0 Å². The highest BCUT2D eigenvalue weighted by molar-refractivity contribution is 5.85. The van der Waals surface area contributed by atoms with Crippen LogP contribution < -0.4 is 0 Å². The van der Waals surface area contributed by atoms with Crippen LogP contribution in [0.4, 0.5) is 0 Å². The first kappa shape index (κ1) is 15.4. The number of rotatable bonds is 3. The monoisotopic (exact) mass is 328 g/mol. The maximum Gasteiger partial charge on any atom is 0.230 e. The lowest BCUT2D eigenvalue weighted by Crippen LogP contribution is -2.50. The predicted molar refractivity (Wildman–Crippen MR) is 89.2 cm³/mol. The smallest absolute Gasteiger partial charge is 0.230 e. The molecule has 2 aromatic heterocycles. The molecule has 2 aliphatic heterocycles. The molecule has 2 saturated heterocycles. The first-order chi connectivity index (χ1) is 11.6. The van der Waals surface area contributed by atoms with E-state index in [9.17, 15) is 4.79 Å². The zero-order chi connectivity index (χ0) is 16.7. The second-order valence-electron chi connectivity index (χ2n) is 7.17. The van der Waals surface area contributed by atoms with Crippen LogP contribution >= 0.6 is 0 Å². The van der Waals surface area contributed by atoms with E-state index in [4.69, 9.17) is 4.42 Å². The van der Waals surface area contributed by atoms with Crippen LogP contribution in [0.5, 0.6) is 0 Å². The highest BCUT2D eigenvalue weighted by Crippen LogP contribution is 2.49. The van der Waals surface area contributed by atoms with Crippen molar-refractivity contribution in [2.75, 3.05) is 26.7 Å². The summed E-state index contributed by atoms with van der Waals surface area (Å²) in [6, 6.07) is 5.98. The van der Waals surface area contributed by atoms with Crippen LogP contribution in [0.25, 0.3) is 0 Å². The first-order valence-electron chi connectivity index (χ1n) is 8.58. The van der Waals surface area contributed by atoms with Crippen LogP contribution in [-0.2, 0) is 18.4 Å². The van der Waals surface area contributed by atoms with Gasteiger partial charge in [-0.25, -0.2) is 0 Å². The van der Waals surface area contributed by atoms with Gasteiger partial charge in [-0.15, -0.1) is 0 Å². The Morgan fingerprint density at radius 1 is 1.38 bits per heavy atom. The second kappa shape index (κ2) is 5.77. The van der Waals surface area contributed by atoms with Crippen molar-refractivity contribution in [1.29, 1.82) is 0 Å². The predicted octanol–water partition coefficient (Wildman–Crippen LogP) is 1.85. The van der Waals surface area contributed by atoms with E-state index in [0.29, 0.717) is 0 Å². The molecule has 0 radical (unpaired) electrons. The minimum atomic E-state index is -0.340. The van der Waals surface area contributed by atoms with Crippen LogP contribution in [0.2, 0.25) is 0 Å². The van der Waals surface area contributed by atoms with Crippen LogP contribution in [0.1, 0.15) is 30.2 Å². The van der Waals surface area contributed by atoms with Gasteiger partial charge < -0.3 is 9.32 Å². The summed E-state index contributed by atoms with van der Waals surface area (Å²) in [6.07, 6.45) is 5.54. The Kier molecular flexibility index (Phi) is 3.72. The minimum absolute atomic E-state index is 0.176. The van der Waals surface area contributed by atoms with Gasteiger partial charge in [0.1, 0.15) is 5.76 Å². The molecule has 1 spiro atoms. The van der Waals surface area contributed by atoms with Gasteiger partial charge in [0.2, 0.25) is 5.91 Å². The number of aryl methyl sites for hydroxylation is 1. The molecule has 6 heteroatoms. The van der Waals surface area contributed by atoms with Crippen molar-refractivity contribution in [1.82, 2.24) is 19.6 Å². The van der Waals surface area contributed by atoms with Gasteiger partial charge >= 0.3 is 0 Å². The molecular weight excluding hydrogens is 304 g/mol. The molecule has 0 unspecified atom stereocenters. The maximum absolute atomic E-state index is 13.2. The number of likely N-dealkylation sites (tertiary alicyclic amines) is 2. The summed E-state index contributed by atoms with van der Waals surface area (Å²) >= 11 is 0. The van der Waals surface area contributed by atoms with Gasteiger partial charge in [-0.05, 0) is 31.0 Å². The van der Waals surface area contributed by atoms with Crippen molar-refractivity contribution < 1.29 is 9.21 Å². The average Bonchev–Trinajstić information content (AvgIpc) is 3.27. The third-order valence-corrected chi connectivity index (χ3v) is 5.68. The highest BCUT2D eigenvalue weighted by atomic mass is 16.3. The summed E-state index contributed by atoms with van der Waals surface area (Å²) in [5, 5.41) is 4.34. The lowest BCUT2D eigenvalue weighted by molar-refractivity contribution is -0.145. The van der Waals surface area contributed by atoms with Crippen molar-refractivity contribution in [2.24, 2.45) is 12.5 Å². The van der Waals surface area contributed by atoms with E-state index < -0.39 is 0 Å². The number of hydrogen-bond donors (Lipinski definition) is 0. The summed E-state index contributed by atoms with van der Waals surface area (Å²) in [5.41, 5.74) is 0.813. The standard InChI is InChI=1S/C18H24N4O2/c1-20-9-4-7-18(17(20)23)13-22(11-14-5-3-10-24-14)12-15(18)16-6-8-19-21(16)2/h3,5-6,8,10,15H,4,7,9,11-13H2,1-2H3/t15-,18+/m0/s1. The largest absolute Gasteiger partial charge is 0.468 e. The van der Waals surface area contributed by atoms with Crippen molar-refractivity contribution in [3.63, 3.8) is 0 Å². The van der Waals surface area contributed by atoms with Crippen molar-refractivity contribution in [3.05, 3.63) is 42.1 Å². The molecule has 2 atom stereocenters. The summed E-state index contributed by atoms with van der Waals surface area (Å²) in [7, 11) is 3.90. The van der Waals surface area contributed by atoms with E-state index in [1.165, 1.54) is 0 Å². The summed E-state index contributed by atoms with van der Waals surface area (Å²) in [6.45, 7) is 3.25. The molecule has 24 heavy (non-hydrogen) atoms. The average molecular weight is 328 g/mol. The van der Waals surface area contributed by atoms with Crippen molar-refractivity contribution >= 4 is 5.91 Å². The Hall–Kier alpha value is -2.08. The van der Waals surface area contributed by atoms with E-state index >= 15 is 0 Å². The molecule has 2 aliphatic rings. The van der Waals surface area contributed by atoms with E-state index in [1.807, 2.05) is 42.0 Å². The zero-order valence-corrected chi connectivity index (χ0v) is 14.3. The number of piperidine rings is 1. The summed E-state index contributed by atoms with van der Waals surface area (Å²) in [5.74, 6) is 1.41. The number of nitrogens with zero attached hydrogens (tertiary/aromatic N) is 4. The number of furan rings is 1. The molecule has 2 aromatic rings. The molecule has 2 fully saturated rings. The molecule has 4 rings (SSSR count). The van der Waals surface area contributed by atoms with Gasteiger partial charge in [-0.2, -0.15) is 5.10 Å². The Morgan fingerprint density at radius 3 is 2.96 bits per heavy atom. The normalized spacial score (nSPS) is 28.2. The van der Waals surface area contributed by atoms with Gasteiger partial charge in [-0.1, -0.05) is 0 Å². The molecule has 128 valence electrons. The molecule has 0 saturated carbocycles. The topological polar surface area (TPSA) is 54.5 Å². The molecule has 0 aliphatic carbocycles. The van der Waals surface area contributed by atoms with E-state index in [1.54, 1.807) is 6.26 Å². The third kappa shape index (κ3) is 2.36. The SMILES string of the molecule is CN1CCC[C@]2(CN(Cc3ccco3)C[C@H]2c2ccnn2C)C1=O. The van der Waals surface area contributed by atoms with E-state index in [0.717, 1.165) is 50.5 Å².